The van der Waals surface area contributed by atoms with Crippen LogP contribution in [0, 0.1) is 6.92 Å². The van der Waals surface area contributed by atoms with Crippen molar-refractivity contribution in [3.05, 3.63) is 59.7 Å². The fourth-order valence-electron chi connectivity index (χ4n) is 3.83. The fourth-order valence-corrected chi connectivity index (χ4v) is 3.83. The largest absolute Gasteiger partial charge is 0.466 e. The Morgan fingerprint density at radius 2 is 2.00 bits per heavy atom. The van der Waals surface area contributed by atoms with Gasteiger partial charge in [0.2, 0.25) is 0 Å². The molecule has 2 aromatic rings. The quantitative estimate of drug-likeness (QED) is 0.621. The first-order valence-electron chi connectivity index (χ1n) is 10.0. The Balaban J connectivity index is 1.49. The van der Waals surface area contributed by atoms with Crippen LogP contribution in [0.1, 0.15) is 30.9 Å². The molecule has 7 nitrogen and oxygen atoms in total. The molecular formula is C23H24N2O5. The van der Waals surface area contributed by atoms with Crippen molar-refractivity contribution in [3.63, 3.8) is 0 Å². The van der Waals surface area contributed by atoms with Crippen molar-refractivity contribution in [2.75, 3.05) is 11.9 Å². The van der Waals surface area contributed by atoms with Gasteiger partial charge in [0, 0.05) is 6.54 Å². The first kappa shape index (κ1) is 19.9. The van der Waals surface area contributed by atoms with Crippen molar-refractivity contribution in [3.8, 4) is 5.75 Å². The lowest BCUT2D eigenvalue weighted by Crippen LogP contribution is -2.61. The van der Waals surface area contributed by atoms with Crippen molar-refractivity contribution in [2.24, 2.45) is 0 Å². The summed E-state index contributed by atoms with van der Waals surface area (Å²) in [6.45, 7) is 3.86. The molecule has 2 aromatic carbocycles. The van der Waals surface area contributed by atoms with E-state index >= 15 is 0 Å². The highest BCUT2D eigenvalue weighted by atomic mass is 16.5. The van der Waals surface area contributed by atoms with Gasteiger partial charge in [-0.2, -0.15) is 0 Å². The number of esters is 1. The highest BCUT2D eigenvalue weighted by molar-refractivity contribution is 6.16. The third kappa shape index (κ3) is 3.63. The number of fused-ring (bicyclic) bond motifs is 1. The Kier molecular flexibility index (Phi) is 5.20. The number of amides is 2. The van der Waals surface area contributed by atoms with Gasteiger partial charge in [0.25, 0.3) is 17.4 Å². The van der Waals surface area contributed by atoms with Gasteiger partial charge in [0.15, 0.2) is 0 Å². The third-order valence-corrected chi connectivity index (χ3v) is 5.55. The number of aryl methyl sites for hydroxylation is 1. The van der Waals surface area contributed by atoms with Gasteiger partial charge >= 0.3 is 5.97 Å². The second-order valence-corrected chi connectivity index (χ2v) is 7.84. The van der Waals surface area contributed by atoms with E-state index in [2.05, 4.69) is 5.32 Å². The molecule has 2 atom stereocenters. The van der Waals surface area contributed by atoms with E-state index < -0.39 is 29.4 Å². The molecule has 2 aliphatic heterocycles. The Morgan fingerprint density at radius 1 is 1.23 bits per heavy atom. The lowest BCUT2D eigenvalue weighted by atomic mass is 9.99. The van der Waals surface area contributed by atoms with Gasteiger partial charge in [-0.3, -0.25) is 9.59 Å². The number of nitrogens with zero attached hydrogens (tertiary/aromatic N) is 1. The third-order valence-electron chi connectivity index (χ3n) is 5.55. The predicted octanol–water partition coefficient (Wildman–Crippen LogP) is 2.82. The number of anilines is 1. The van der Waals surface area contributed by atoms with Crippen LogP contribution < -0.4 is 10.1 Å². The number of hydrogen-bond donors (Lipinski definition) is 1. The van der Waals surface area contributed by atoms with E-state index in [9.17, 15) is 14.4 Å². The molecule has 1 N–H and O–H groups in total. The molecule has 2 aliphatic rings. The van der Waals surface area contributed by atoms with Crippen LogP contribution in [-0.2, 0) is 25.7 Å². The van der Waals surface area contributed by atoms with Crippen LogP contribution in [-0.4, -0.2) is 40.9 Å². The molecule has 0 bridgehead atoms. The van der Waals surface area contributed by atoms with Gasteiger partial charge in [0.1, 0.15) is 18.4 Å². The number of ether oxygens (including phenoxy) is 2. The number of carbonyl (C=O) groups is 3. The summed E-state index contributed by atoms with van der Waals surface area (Å²) < 4.78 is 11.3. The molecule has 0 spiro atoms. The van der Waals surface area contributed by atoms with Crippen molar-refractivity contribution in [2.45, 2.75) is 44.9 Å². The average molecular weight is 408 g/mol. The summed E-state index contributed by atoms with van der Waals surface area (Å²) in [6.07, 6.45) is 1.15. The van der Waals surface area contributed by atoms with Crippen molar-refractivity contribution in [1.29, 1.82) is 0 Å². The Hall–Kier alpha value is -3.35. The number of benzene rings is 2. The minimum Gasteiger partial charge on any atom is -0.466 e. The molecule has 2 amide bonds. The maximum atomic E-state index is 13.3. The number of likely N-dealkylation sites (tertiary alicyclic amines) is 1. The zero-order chi connectivity index (χ0) is 21.3. The standard InChI is InChI=1S/C23H24N2O5/c1-15-10-11-19-17(13-15)24-21(27)23(2,30-19)22(28)25-12-6-9-18(25)20(26)29-14-16-7-4-3-5-8-16/h3-5,7-8,10-11,13,18H,6,9,12,14H2,1-2H3,(H,24,27)/t18-,23?/m0/s1. The smallest absolute Gasteiger partial charge is 0.329 e. The Bertz CT molecular complexity index is 990. The maximum Gasteiger partial charge on any atom is 0.329 e. The zero-order valence-corrected chi connectivity index (χ0v) is 17.0. The summed E-state index contributed by atoms with van der Waals surface area (Å²) in [4.78, 5) is 40.2. The van der Waals surface area contributed by atoms with Gasteiger partial charge in [-0.05, 0) is 49.9 Å². The highest BCUT2D eigenvalue weighted by Gasteiger charge is 2.52. The molecule has 156 valence electrons. The second-order valence-electron chi connectivity index (χ2n) is 7.84. The normalized spacial score (nSPS) is 22.7. The van der Waals surface area contributed by atoms with E-state index in [4.69, 9.17) is 9.47 Å². The molecule has 1 unspecified atom stereocenters. The molecule has 1 fully saturated rings. The van der Waals surface area contributed by atoms with E-state index in [1.54, 1.807) is 12.1 Å². The molecule has 7 heteroatoms. The van der Waals surface area contributed by atoms with Gasteiger partial charge in [0.05, 0.1) is 5.69 Å². The van der Waals surface area contributed by atoms with Crippen LogP contribution in [0.5, 0.6) is 5.75 Å². The molecule has 30 heavy (non-hydrogen) atoms. The van der Waals surface area contributed by atoms with E-state index in [0.29, 0.717) is 30.8 Å². The average Bonchev–Trinajstić information content (AvgIpc) is 3.23. The van der Waals surface area contributed by atoms with Crippen LogP contribution >= 0.6 is 0 Å². The first-order chi connectivity index (χ1) is 14.4. The monoisotopic (exact) mass is 408 g/mol. The molecule has 0 aromatic heterocycles. The molecule has 1 saturated heterocycles. The summed E-state index contributed by atoms with van der Waals surface area (Å²) in [5, 5.41) is 2.76. The summed E-state index contributed by atoms with van der Waals surface area (Å²) in [7, 11) is 0. The summed E-state index contributed by atoms with van der Waals surface area (Å²) in [5.74, 6) is -1.13. The predicted molar refractivity (Wildman–Crippen MR) is 110 cm³/mol. The SMILES string of the molecule is Cc1ccc2c(c1)NC(=O)C(C)(C(=O)N1CCC[C@H]1C(=O)OCc1ccccc1)O2. The molecule has 0 radical (unpaired) electrons. The second kappa shape index (κ2) is 7.82. The van der Waals surface area contributed by atoms with Crippen molar-refractivity contribution < 1.29 is 23.9 Å². The van der Waals surface area contributed by atoms with Crippen LogP contribution in [0.4, 0.5) is 5.69 Å². The Labute approximate surface area is 175 Å². The molecule has 2 heterocycles. The summed E-state index contributed by atoms with van der Waals surface area (Å²) in [5.41, 5.74) is 0.624. The Morgan fingerprint density at radius 3 is 2.77 bits per heavy atom. The van der Waals surface area contributed by atoms with Crippen LogP contribution in [0.3, 0.4) is 0 Å². The molecule has 0 saturated carbocycles. The van der Waals surface area contributed by atoms with E-state index in [-0.39, 0.29) is 6.61 Å². The summed E-state index contributed by atoms with van der Waals surface area (Å²) in [6, 6.07) is 14.0. The van der Waals surface area contributed by atoms with E-state index in [0.717, 1.165) is 11.1 Å². The topological polar surface area (TPSA) is 84.9 Å². The van der Waals surface area contributed by atoms with E-state index in [1.165, 1.54) is 11.8 Å². The summed E-state index contributed by atoms with van der Waals surface area (Å²) >= 11 is 0. The minimum absolute atomic E-state index is 0.138. The lowest BCUT2D eigenvalue weighted by molar-refractivity contribution is -0.163. The number of carbonyl (C=O) groups excluding carboxylic acids is 3. The van der Waals surface area contributed by atoms with Crippen LogP contribution in [0.25, 0.3) is 0 Å². The van der Waals surface area contributed by atoms with Gasteiger partial charge in [-0.25, -0.2) is 4.79 Å². The zero-order valence-electron chi connectivity index (χ0n) is 17.0. The maximum absolute atomic E-state index is 13.3. The number of rotatable bonds is 4. The van der Waals surface area contributed by atoms with Crippen LogP contribution in [0.2, 0.25) is 0 Å². The first-order valence-corrected chi connectivity index (χ1v) is 10.0. The number of hydrogen-bond acceptors (Lipinski definition) is 5. The molecule has 0 aliphatic carbocycles. The van der Waals surface area contributed by atoms with Crippen molar-refractivity contribution >= 4 is 23.5 Å². The molecule has 4 rings (SSSR count). The number of nitrogens with one attached hydrogen (secondary N) is 1. The highest BCUT2D eigenvalue weighted by Crippen LogP contribution is 2.36. The van der Waals surface area contributed by atoms with E-state index in [1.807, 2.05) is 43.3 Å². The molecular weight excluding hydrogens is 384 g/mol. The minimum atomic E-state index is -1.75. The lowest BCUT2D eigenvalue weighted by Gasteiger charge is -2.37. The van der Waals surface area contributed by atoms with Gasteiger partial charge < -0.3 is 19.7 Å². The fraction of sp³-hybridized carbons (Fsp3) is 0.348. The van der Waals surface area contributed by atoms with Gasteiger partial charge in [-0.1, -0.05) is 36.4 Å². The van der Waals surface area contributed by atoms with Gasteiger partial charge in [-0.15, -0.1) is 0 Å². The van der Waals surface area contributed by atoms with Crippen molar-refractivity contribution in [1.82, 2.24) is 4.90 Å². The van der Waals surface area contributed by atoms with Crippen LogP contribution in [0.15, 0.2) is 48.5 Å².